The van der Waals surface area contributed by atoms with Gasteiger partial charge in [0, 0.05) is 0 Å². The molecule has 124 valence electrons. The maximum absolute atomic E-state index is 12.4. The second kappa shape index (κ2) is 6.43. The summed E-state index contributed by atoms with van der Waals surface area (Å²) in [7, 11) is 0. The van der Waals surface area contributed by atoms with Gasteiger partial charge in [0.05, 0.1) is 10.8 Å². The monoisotopic (exact) mass is 308 g/mol. The number of hydrogen-bond donors (Lipinski definition) is 2. The Bertz CT molecular complexity index is 462. The summed E-state index contributed by atoms with van der Waals surface area (Å²) in [5, 5.41) is 20.2. The average molecular weight is 308 g/mol. The normalized spacial score (nSPS) is 33.0. The van der Waals surface area contributed by atoms with Gasteiger partial charge < -0.3 is 10.2 Å². The maximum atomic E-state index is 12.4. The quantitative estimate of drug-likeness (QED) is 0.750. The molecule has 2 aliphatic rings. The van der Waals surface area contributed by atoms with E-state index in [4.69, 9.17) is 0 Å². The van der Waals surface area contributed by atoms with E-state index in [1.54, 1.807) is 0 Å². The fourth-order valence-corrected chi connectivity index (χ4v) is 4.88. The highest BCUT2D eigenvalue weighted by molar-refractivity contribution is 5.88. The molecule has 1 fully saturated rings. The highest BCUT2D eigenvalue weighted by atomic mass is 16.4. The van der Waals surface area contributed by atoms with Gasteiger partial charge in [-0.1, -0.05) is 45.3 Å². The maximum Gasteiger partial charge on any atom is 0.311 e. The molecule has 0 amide bonds. The van der Waals surface area contributed by atoms with Crippen LogP contribution in [-0.4, -0.2) is 22.2 Å². The van der Waals surface area contributed by atoms with Crippen molar-refractivity contribution in [2.24, 2.45) is 22.7 Å². The van der Waals surface area contributed by atoms with Crippen molar-refractivity contribution in [2.45, 2.75) is 65.2 Å². The summed E-state index contributed by atoms with van der Waals surface area (Å²) in [5.74, 6) is -1.71. The molecule has 4 nitrogen and oxygen atoms in total. The first-order valence-electron chi connectivity index (χ1n) is 8.48. The summed E-state index contributed by atoms with van der Waals surface area (Å²) in [4.78, 5) is 24.7. The third-order valence-electron chi connectivity index (χ3n) is 5.78. The van der Waals surface area contributed by atoms with Crippen molar-refractivity contribution in [1.82, 2.24) is 0 Å². The summed E-state index contributed by atoms with van der Waals surface area (Å²) >= 11 is 0. The minimum Gasteiger partial charge on any atom is -0.481 e. The van der Waals surface area contributed by atoms with Gasteiger partial charge in [-0.15, -0.1) is 0 Å². The molecule has 1 saturated carbocycles. The first-order valence-corrected chi connectivity index (χ1v) is 8.48. The Morgan fingerprint density at radius 2 is 1.64 bits per heavy atom. The van der Waals surface area contributed by atoms with Gasteiger partial charge in [-0.2, -0.15) is 0 Å². The molecule has 2 unspecified atom stereocenters. The predicted molar refractivity (Wildman–Crippen MR) is 84.5 cm³/mol. The second-order valence-corrected chi connectivity index (χ2v) is 7.48. The summed E-state index contributed by atoms with van der Waals surface area (Å²) in [6.07, 6.45) is 9.73. The molecule has 0 saturated heterocycles. The minimum atomic E-state index is -1.18. The first-order chi connectivity index (χ1) is 10.4. The molecule has 2 rings (SSSR count). The highest BCUT2D eigenvalue weighted by Crippen LogP contribution is 2.59. The van der Waals surface area contributed by atoms with Crippen molar-refractivity contribution in [3.05, 3.63) is 12.2 Å². The highest BCUT2D eigenvalue weighted by Gasteiger charge is 2.64. The average Bonchev–Trinajstić information content (AvgIpc) is 2.47. The van der Waals surface area contributed by atoms with Crippen LogP contribution < -0.4 is 0 Å². The van der Waals surface area contributed by atoms with E-state index in [0.29, 0.717) is 19.3 Å². The largest absolute Gasteiger partial charge is 0.481 e. The van der Waals surface area contributed by atoms with Gasteiger partial charge in [0.15, 0.2) is 0 Å². The molecule has 2 atom stereocenters. The summed E-state index contributed by atoms with van der Waals surface area (Å²) < 4.78 is 0. The van der Waals surface area contributed by atoms with Crippen molar-refractivity contribution in [1.29, 1.82) is 0 Å². The van der Waals surface area contributed by atoms with Gasteiger partial charge in [-0.25, -0.2) is 0 Å². The molecule has 0 spiro atoms. The van der Waals surface area contributed by atoms with Crippen molar-refractivity contribution in [3.63, 3.8) is 0 Å². The van der Waals surface area contributed by atoms with Crippen LogP contribution in [0.1, 0.15) is 65.2 Å². The number of carboxylic acid groups (broad SMARTS) is 2. The fraction of sp³-hybridized carbons (Fsp3) is 0.778. The minimum absolute atomic E-state index is 0.0291. The van der Waals surface area contributed by atoms with Crippen LogP contribution in [0.15, 0.2) is 12.2 Å². The van der Waals surface area contributed by atoms with E-state index in [0.717, 1.165) is 32.1 Å². The van der Waals surface area contributed by atoms with Crippen LogP contribution in [0.2, 0.25) is 0 Å². The van der Waals surface area contributed by atoms with Gasteiger partial charge in [0.2, 0.25) is 0 Å². The number of carbonyl (C=O) groups is 2. The molecule has 0 aromatic carbocycles. The van der Waals surface area contributed by atoms with E-state index < -0.39 is 22.8 Å². The molecule has 0 heterocycles. The lowest BCUT2D eigenvalue weighted by Gasteiger charge is -2.52. The molecule has 0 aliphatic heterocycles. The molecule has 0 aromatic rings. The third-order valence-corrected chi connectivity index (χ3v) is 5.78. The lowest BCUT2D eigenvalue weighted by Crippen LogP contribution is -2.58. The van der Waals surface area contributed by atoms with E-state index in [-0.39, 0.29) is 11.8 Å². The molecular formula is C18H28O4. The SMILES string of the molecule is CC(C)CC1(C(=O)O)CC=CCC1(C(=O)O)C1CCCCC1. The van der Waals surface area contributed by atoms with Crippen molar-refractivity contribution < 1.29 is 19.8 Å². The van der Waals surface area contributed by atoms with Crippen LogP contribution in [-0.2, 0) is 9.59 Å². The third kappa shape index (κ3) is 2.57. The zero-order chi connectivity index (χ0) is 16.4. The Morgan fingerprint density at radius 3 is 2.14 bits per heavy atom. The van der Waals surface area contributed by atoms with Crippen LogP contribution in [0.5, 0.6) is 0 Å². The smallest absolute Gasteiger partial charge is 0.311 e. The second-order valence-electron chi connectivity index (χ2n) is 7.48. The van der Waals surface area contributed by atoms with Crippen LogP contribution in [0.3, 0.4) is 0 Å². The van der Waals surface area contributed by atoms with Crippen molar-refractivity contribution >= 4 is 11.9 Å². The molecule has 2 aliphatic carbocycles. The number of rotatable bonds is 5. The lowest BCUT2D eigenvalue weighted by atomic mass is 9.48. The molecule has 22 heavy (non-hydrogen) atoms. The Hall–Kier alpha value is -1.32. The van der Waals surface area contributed by atoms with E-state index in [2.05, 4.69) is 0 Å². The Labute approximate surface area is 132 Å². The van der Waals surface area contributed by atoms with Gasteiger partial charge >= 0.3 is 11.9 Å². The van der Waals surface area contributed by atoms with Gasteiger partial charge in [0.1, 0.15) is 0 Å². The summed E-state index contributed by atoms with van der Waals surface area (Å²) in [6, 6.07) is 0. The summed E-state index contributed by atoms with van der Waals surface area (Å²) in [6.45, 7) is 3.97. The number of hydrogen-bond acceptors (Lipinski definition) is 2. The van der Waals surface area contributed by atoms with Crippen LogP contribution in [0.4, 0.5) is 0 Å². The van der Waals surface area contributed by atoms with Gasteiger partial charge in [-0.3, -0.25) is 9.59 Å². The Balaban J connectivity index is 2.57. The van der Waals surface area contributed by atoms with Crippen LogP contribution in [0.25, 0.3) is 0 Å². The molecule has 0 radical (unpaired) electrons. The van der Waals surface area contributed by atoms with Gasteiger partial charge in [0.25, 0.3) is 0 Å². The standard InChI is InChI=1S/C18H28O4/c1-13(2)12-17(15(19)20)10-6-7-11-18(17,16(21)22)14-8-4-3-5-9-14/h6-7,13-14H,3-5,8-12H2,1-2H3,(H,19,20)(H,21,22). The summed E-state index contributed by atoms with van der Waals surface area (Å²) in [5.41, 5.74) is -2.33. The van der Waals surface area contributed by atoms with E-state index in [1.807, 2.05) is 26.0 Å². The van der Waals surface area contributed by atoms with Crippen LogP contribution >= 0.6 is 0 Å². The zero-order valence-electron chi connectivity index (χ0n) is 13.7. The van der Waals surface area contributed by atoms with Gasteiger partial charge in [-0.05, 0) is 43.9 Å². The lowest BCUT2D eigenvalue weighted by molar-refractivity contribution is -0.185. The number of carboxylic acids is 2. The Kier molecular flexibility index (Phi) is 4.98. The molecule has 2 N–H and O–H groups in total. The van der Waals surface area contributed by atoms with Crippen molar-refractivity contribution in [3.8, 4) is 0 Å². The van der Waals surface area contributed by atoms with E-state index in [9.17, 15) is 19.8 Å². The first kappa shape index (κ1) is 17.0. The Morgan fingerprint density at radius 1 is 1.05 bits per heavy atom. The van der Waals surface area contributed by atoms with E-state index in [1.165, 1.54) is 0 Å². The topological polar surface area (TPSA) is 74.6 Å². The molecule has 4 heteroatoms. The molecule has 0 aromatic heterocycles. The van der Waals surface area contributed by atoms with Crippen molar-refractivity contribution in [2.75, 3.05) is 0 Å². The number of allylic oxidation sites excluding steroid dienone is 2. The zero-order valence-corrected chi connectivity index (χ0v) is 13.7. The molecular weight excluding hydrogens is 280 g/mol. The fourth-order valence-electron chi connectivity index (χ4n) is 4.88. The molecule has 0 bridgehead atoms. The van der Waals surface area contributed by atoms with E-state index >= 15 is 0 Å². The number of aliphatic carboxylic acids is 2. The van der Waals surface area contributed by atoms with Crippen LogP contribution in [0, 0.1) is 22.7 Å². The predicted octanol–water partition coefficient (Wildman–Crippen LogP) is 4.10.